The van der Waals surface area contributed by atoms with Gasteiger partial charge in [0.05, 0.1) is 0 Å². The van der Waals surface area contributed by atoms with E-state index >= 15 is 0 Å². The van der Waals surface area contributed by atoms with E-state index in [-0.39, 0.29) is 5.82 Å². The van der Waals surface area contributed by atoms with Crippen LogP contribution in [0.25, 0.3) is 0 Å². The van der Waals surface area contributed by atoms with Crippen LogP contribution < -0.4 is 5.46 Å². The lowest BCUT2D eigenvalue weighted by Crippen LogP contribution is -2.12. The second-order valence-electron chi connectivity index (χ2n) is 3.62. The molecule has 0 amide bonds. The zero-order valence-corrected chi connectivity index (χ0v) is 8.11. The molecule has 0 aliphatic rings. The topological polar surface area (TPSA) is 0 Å². The van der Waals surface area contributed by atoms with E-state index in [2.05, 4.69) is 13.8 Å². The minimum Gasteiger partial charge on any atom is -0.207 e. The molecule has 0 N–H and O–H groups in total. The smallest absolute Gasteiger partial charge is 0.143 e. The van der Waals surface area contributed by atoms with Crippen molar-refractivity contribution in [3.63, 3.8) is 0 Å². The van der Waals surface area contributed by atoms with E-state index < -0.39 is 0 Å². The quantitative estimate of drug-likeness (QED) is 0.552. The summed E-state index contributed by atoms with van der Waals surface area (Å²) in [6, 6.07) is 3.85. The van der Waals surface area contributed by atoms with Crippen LogP contribution in [-0.4, -0.2) is 7.85 Å². The van der Waals surface area contributed by atoms with Gasteiger partial charge in [-0.2, -0.15) is 0 Å². The fourth-order valence-corrected chi connectivity index (χ4v) is 1.31. The Bertz CT molecular complexity index is 269. The van der Waals surface area contributed by atoms with Gasteiger partial charge in [-0.1, -0.05) is 31.4 Å². The van der Waals surface area contributed by atoms with Gasteiger partial charge < -0.3 is 0 Å². The van der Waals surface area contributed by atoms with Gasteiger partial charge in [0.1, 0.15) is 13.7 Å². The summed E-state index contributed by atoms with van der Waals surface area (Å²) in [4.78, 5) is 0. The predicted molar refractivity (Wildman–Crippen MR) is 53.4 cm³/mol. The second kappa shape index (κ2) is 3.30. The fraction of sp³-hybridized carbons (Fsp3) is 0.400. The normalized spacial score (nSPS) is 10.8. The van der Waals surface area contributed by atoms with Crippen molar-refractivity contribution in [3.8, 4) is 0 Å². The first-order valence-corrected chi connectivity index (χ1v) is 4.29. The van der Waals surface area contributed by atoms with Gasteiger partial charge in [-0.15, -0.1) is 0 Å². The molecule has 1 aromatic rings. The predicted octanol–water partition coefficient (Wildman–Crippen LogP) is 1.52. The molecule has 0 bridgehead atoms. The number of hydrogen-bond donors (Lipinski definition) is 0. The average Bonchev–Trinajstić information content (AvgIpc) is 1.99. The standard InChI is InChI=1S/C10H14BF/c1-6(2)8-4-7(3)10(12)9(11)5-8/h4-6H,11H2,1-3H3. The van der Waals surface area contributed by atoms with Crippen LogP contribution in [0.4, 0.5) is 4.39 Å². The summed E-state index contributed by atoms with van der Waals surface area (Å²) in [6.07, 6.45) is 0. The molecule has 0 spiro atoms. The largest absolute Gasteiger partial charge is 0.207 e. The molecule has 0 aliphatic carbocycles. The van der Waals surface area contributed by atoms with Crippen molar-refractivity contribution in [3.05, 3.63) is 29.1 Å². The Morgan fingerprint density at radius 2 is 1.92 bits per heavy atom. The average molecular weight is 164 g/mol. The molecule has 0 nitrogen and oxygen atoms in total. The van der Waals surface area contributed by atoms with E-state index in [9.17, 15) is 4.39 Å². The minimum atomic E-state index is -0.0700. The Morgan fingerprint density at radius 1 is 1.33 bits per heavy atom. The highest BCUT2D eigenvalue weighted by Gasteiger charge is 2.05. The van der Waals surface area contributed by atoms with Crippen LogP contribution >= 0.6 is 0 Å². The van der Waals surface area contributed by atoms with E-state index in [0.717, 1.165) is 11.0 Å². The Morgan fingerprint density at radius 3 is 2.33 bits per heavy atom. The monoisotopic (exact) mass is 164 g/mol. The van der Waals surface area contributed by atoms with Crippen molar-refractivity contribution >= 4 is 13.3 Å². The van der Waals surface area contributed by atoms with Crippen LogP contribution in [0.5, 0.6) is 0 Å². The maximum absolute atomic E-state index is 13.2. The van der Waals surface area contributed by atoms with Gasteiger partial charge in [-0.3, -0.25) is 0 Å². The number of hydrogen-bond acceptors (Lipinski definition) is 0. The van der Waals surface area contributed by atoms with E-state index in [4.69, 9.17) is 0 Å². The molecule has 0 saturated carbocycles. The number of aryl methyl sites for hydroxylation is 1. The van der Waals surface area contributed by atoms with Crippen molar-refractivity contribution < 1.29 is 4.39 Å². The Balaban J connectivity index is 3.21. The highest BCUT2D eigenvalue weighted by atomic mass is 19.1. The summed E-state index contributed by atoms with van der Waals surface area (Å²) in [5, 5.41) is 0. The number of rotatable bonds is 1. The molecule has 1 aromatic carbocycles. The van der Waals surface area contributed by atoms with Crippen molar-refractivity contribution in [2.24, 2.45) is 0 Å². The van der Waals surface area contributed by atoms with E-state index in [1.165, 1.54) is 5.56 Å². The molecule has 0 heterocycles. The van der Waals surface area contributed by atoms with E-state index in [1.54, 1.807) is 0 Å². The third-order valence-electron chi connectivity index (χ3n) is 2.13. The summed E-state index contributed by atoms with van der Waals surface area (Å²) in [5.74, 6) is 0.405. The van der Waals surface area contributed by atoms with Gasteiger partial charge >= 0.3 is 0 Å². The lowest BCUT2D eigenvalue weighted by Gasteiger charge is -2.09. The molecule has 0 saturated heterocycles. The van der Waals surface area contributed by atoms with Crippen molar-refractivity contribution in [2.75, 3.05) is 0 Å². The maximum atomic E-state index is 13.2. The van der Waals surface area contributed by atoms with E-state index in [1.807, 2.05) is 26.9 Å². The Kier molecular flexibility index (Phi) is 2.56. The van der Waals surface area contributed by atoms with Gasteiger partial charge in [-0.05, 0) is 24.0 Å². The first-order chi connectivity index (χ1) is 5.52. The third-order valence-corrected chi connectivity index (χ3v) is 2.13. The van der Waals surface area contributed by atoms with Gasteiger partial charge in [0.25, 0.3) is 0 Å². The highest BCUT2D eigenvalue weighted by molar-refractivity contribution is 6.32. The zero-order valence-electron chi connectivity index (χ0n) is 8.11. The van der Waals surface area contributed by atoms with Crippen LogP contribution in [0, 0.1) is 12.7 Å². The molecule has 12 heavy (non-hydrogen) atoms. The molecule has 1 rings (SSSR count). The molecule has 0 aliphatic heterocycles. The summed E-state index contributed by atoms with van der Waals surface area (Å²) in [7, 11) is 1.81. The number of halogens is 1. The van der Waals surface area contributed by atoms with Crippen molar-refractivity contribution in [1.82, 2.24) is 0 Å². The van der Waals surface area contributed by atoms with Gasteiger partial charge in [-0.25, -0.2) is 4.39 Å². The van der Waals surface area contributed by atoms with Gasteiger partial charge in [0.2, 0.25) is 0 Å². The maximum Gasteiger partial charge on any atom is 0.143 e. The van der Waals surface area contributed by atoms with Crippen LogP contribution in [0.1, 0.15) is 30.9 Å². The number of benzene rings is 1. The molecule has 2 heteroatoms. The zero-order chi connectivity index (χ0) is 9.30. The minimum absolute atomic E-state index is 0.0700. The fourth-order valence-electron chi connectivity index (χ4n) is 1.31. The van der Waals surface area contributed by atoms with Gasteiger partial charge in [0, 0.05) is 0 Å². The molecule has 0 atom stereocenters. The first kappa shape index (κ1) is 9.30. The lowest BCUT2D eigenvalue weighted by molar-refractivity contribution is 0.625. The first-order valence-electron chi connectivity index (χ1n) is 4.29. The lowest BCUT2D eigenvalue weighted by atomic mass is 9.88. The molecular formula is C10H14BF. The summed E-state index contributed by atoms with van der Waals surface area (Å²) in [5.41, 5.74) is 2.71. The molecular weight excluding hydrogens is 150 g/mol. The van der Waals surface area contributed by atoms with Crippen molar-refractivity contribution in [2.45, 2.75) is 26.7 Å². The molecule has 0 fully saturated rings. The van der Waals surface area contributed by atoms with E-state index in [0.29, 0.717) is 5.92 Å². The molecule has 0 unspecified atom stereocenters. The van der Waals surface area contributed by atoms with Crippen LogP contribution in [-0.2, 0) is 0 Å². The highest BCUT2D eigenvalue weighted by Crippen LogP contribution is 2.15. The third kappa shape index (κ3) is 1.68. The summed E-state index contributed by atoms with van der Waals surface area (Å²) < 4.78 is 13.2. The van der Waals surface area contributed by atoms with Crippen LogP contribution in [0.3, 0.4) is 0 Å². The summed E-state index contributed by atoms with van der Waals surface area (Å²) >= 11 is 0. The molecule has 0 aromatic heterocycles. The molecule has 64 valence electrons. The van der Waals surface area contributed by atoms with Crippen molar-refractivity contribution in [1.29, 1.82) is 0 Å². The SMILES string of the molecule is Bc1cc(C(C)C)cc(C)c1F. The van der Waals surface area contributed by atoms with Crippen LogP contribution in [0.2, 0.25) is 0 Å². The Hall–Kier alpha value is -0.785. The molecule has 0 radical (unpaired) electrons. The summed E-state index contributed by atoms with van der Waals surface area (Å²) in [6.45, 7) is 6.05. The van der Waals surface area contributed by atoms with Crippen LogP contribution in [0.15, 0.2) is 12.1 Å². The second-order valence-corrected chi connectivity index (χ2v) is 3.62. The van der Waals surface area contributed by atoms with Gasteiger partial charge in [0.15, 0.2) is 0 Å². The Labute approximate surface area is 74.2 Å².